The van der Waals surface area contributed by atoms with Gasteiger partial charge in [-0.2, -0.15) is 0 Å². The summed E-state index contributed by atoms with van der Waals surface area (Å²) in [7, 11) is 1.63. The van der Waals surface area contributed by atoms with Gasteiger partial charge in [-0.3, -0.25) is 9.59 Å². The average molecular weight is 292 g/mol. The summed E-state index contributed by atoms with van der Waals surface area (Å²) in [6, 6.07) is 6.98. The van der Waals surface area contributed by atoms with Crippen LogP contribution in [-0.2, 0) is 27.3 Å². The summed E-state index contributed by atoms with van der Waals surface area (Å²) < 4.78 is 5.21. The van der Waals surface area contributed by atoms with Crippen molar-refractivity contribution >= 4 is 11.9 Å². The van der Waals surface area contributed by atoms with Gasteiger partial charge in [-0.1, -0.05) is 24.3 Å². The molecular formula is C15H20N2O4. The third-order valence-electron chi connectivity index (χ3n) is 3.65. The highest BCUT2D eigenvalue weighted by molar-refractivity contribution is 5.82. The van der Waals surface area contributed by atoms with Crippen molar-refractivity contribution in [1.82, 2.24) is 10.6 Å². The predicted molar refractivity (Wildman–Crippen MR) is 76.8 cm³/mol. The van der Waals surface area contributed by atoms with Gasteiger partial charge < -0.3 is 20.5 Å². The molecule has 1 aliphatic heterocycles. The van der Waals surface area contributed by atoms with Crippen LogP contribution < -0.4 is 10.6 Å². The third kappa shape index (κ3) is 4.27. The first-order valence-corrected chi connectivity index (χ1v) is 6.92. The Morgan fingerprint density at radius 3 is 2.71 bits per heavy atom. The highest BCUT2D eigenvalue weighted by Gasteiger charge is 2.29. The van der Waals surface area contributed by atoms with Crippen molar-refractivity contribution in [2.75, 3.05) is 13.7 Å². The van der Waals surface area contributed by atoms with Crippen LogP contribution in [0, 0.1) is 0 Å². The number of amides is 1. The number of nitrogens with one attached hydrogen (secondary N) is 2. The monoisotopic (exact) mass is 292 g/mol. The number of benzene rings is 1. The Labute approximate surface area is 123 Å². The van der Waals surface area contributed by atoms with E-state index in [9.17, 15) is 9.59 Å². The van der Waals surface area contributed by atoms with Crippen molar-refractivity contribution < 1.29 is 19.4 Å². The van der Waals surface area contributed by atoms with Crippen LogP contribution in [0.3, 0.4) is 0 Å². The second kappa shape index (κ2) is 7.19. The first-order chi connectivity index (χ1) is 10.1. The minimum Gasteiger partial charge on any atom is -0.481 e. The van der Waals surface area contributed by atoms with Crippen molar-refractivity contribution in [1.29, 1.82) is 0 Å². The van der Waals surface area contributed by atoms with Gasteiger partial charge in [-0.25, -0.2) is 0 Å². The molecule has 0 bridgehead atoms. The van der Waals surface area contributed by atoms with Crippen LogP contribution in [0.4, 0.5) is 0 Å². The normalized spacial score (nSPS) is 21.2. The van der Waals surface area contributed by atoms with Gasteiger partial charge in [0.05, 0.1) is 18.6 Å². The molecule has 0 aliphatic carbocycles. The zero-order valence-electron chi connectivity index (χ0n) is 12.0. The Hall–Kier alpha value is -1.92. The standard InChI is InChI=1S/C15H20N2O4/c1-21-12-7-13(16-9-12)15(20)17-8-11-5-3-2-4-10(11)6-14(18)19/h2-5,12-13,16H,6-9H2,1H3,(H,17,20)(H,18,19). The number of hydrogen-bond donors (Lipinski definition) is 3. The largest absolute Gasteiger partial charge is 0.481 e. The Kier molecular flexibility index (Phi) is 5.30. The third-order valence-corrected chi connectivity index (χ3v) is 3.65. The van der Waals surface area contributed by atoms with Crippen molar-refractivity contribution in [3.63, 3.8) is 0 Å². The van der Waals surface area contributed by atoms with Gasteiger partial charge >= 0.3 is 5.97 Å². The molecule has 2 unspecified atom stereocenters. The van der Waals surface area contributed by atoms with Gasteiger partial charge in [0.1, 0.15) is 0 Å². The zero-order valence-corrected chi connectivity index (χ0v) is 12.0. The number of aliphatic carboxylic acids is 1. The number of methoxy groups -OCH3 is 1. The number of carbonyl (C=O) groups excluding carboxylic acids is 1. The molecular weight excluding hydrogens is 272 g/mol. The molecule has 1 aromatic carbocycles. The van der Waals surface area contributed by atoms with E-state index < -0.39 is 5.97 Å². The van der Waals surface area contributed by atoms with Crippen molar-refractivity contribution in [2.24, 2.45) is 0 Å². The fourth-order valence-corrected chi connectivity index (χ4v) is 2.45. The van der Waals surface area contributed by atoms with E-state index in [0.717, 1.165) is 11.1 Å². The predicted octanol–water partition coefficient (Wildman–Crippen LogP) is 0.307. The van der Waals surface area contributed by atoms with E-state index in [2.05, 4.69) is 10.6 Å². The highest BCUT2D eigenvalue weighted by atomic mass is 16.5. The molecule has 0 radical (unpaired) electrons. The van der Waals surface area contributed by atoms with Gasteiger partial charge in [0, 0.05) is 20.2 Å². The summed E-state index contributed by atoms with van der Waals surface area (Å²) in [6.45, 7) is 1.00. The van der Waals surface area contributed by atoms with Crippen LogP contribution in [0.25, 0.3) is 0 Å². The van der Waals surface area contributed by atoms with Crippen LogP contribution >= 0.6 is 0 Å². The minimum atomic E-state index is -0.880. The molecule has 0 spiro atoms. The van der Waals surface area contributed by atoms with Gasteiger partial charge in [-0.05, 0) is 17.5 Å². The number of ether oxygens (including phenoxy) is 1. The Morgan fingerprint density at radius 2 is 2.10 bits per heavy atom. The summed E-state index contributed by atoms with van der Waals surface area (Å²) in [6.07, 6.45) is 0.679. The second-order valence-electron chi connectivity index (χ2n) is 5.11. The summed E-state index contributed by atoms with van der Waals surface area (Å²) in [4.78, 5) is 22.9. The van der Waals surface area contributed by atoms with Crippen molar-refractivity contribution in [3.05, 3.63) is 35.4 Å². The lowest BCUT2D eigenvalue weighted by atomic mass is 10.0. The molecule has 1 heterocycles. The maximum Gasteiger partial charge on any atom is 0.307 e. The number of rotatable bonds is 6. The van der Waals surface area contributed by atoms with Crippen LogP contribution in [0.2, 0.25) is 0 Å². The minimum absolute atomic E-state index is 0.0422. The van der Waals surface area contributed by atoms with Crippen LogP contribution in [-0.4, -0.2) is 42.8 Å². The molecule has 2 atom stereocenters. The molecule has 1 aromatic rings. The first kappa shape index (κ1) is 15.5. The molecule has 0 saturated carbocycles. The zero-order chi connectivity index (χ0) is 15.2. The Balaban J connectivity index is 1.91. The smallest absolute Gasteiger partial charge is 0.307 e. The molecule has 1 fully saturated rings. The number of carboxylic acid groups (broad SMARTS) is 1. The van der Waals surface area contributed by atoms with Crippen LogP contribution in [0.15, 0.2) is 24.3 Å². The highest BCUT2D eigenvalue weighted by Crippen LogP contribution is 2.12. The van der Waals surface area contributed by atoms with Crippen molar-refractivity contribution in [3.8, 4) is 0 Å². The van der Waals surface area contributed by atoms with E-state index in [1.54, 1.807) is 19.2 Å². The molecule has 1 saturated heterocycles. The van der Waals surface area contributed by atoms with E-state index in [0.29, 0.717) is 19.5 Å². The fourth-order valence-electron chi connectivity index (χ4n) is 2.45. The summed E-state index contributed by atoms with van der Waals surface area (Å²) in [5.74, 6) is -0.964. The fraction of sp³-hybridized carbons (Fsp3) is 0.467. The lowest BCUT2D eigenvalue weighted by Crippen LogP contribution is -2.40. The quantitative estimate of drug-likeness (QED) is 0.702. The molecule has 2 rings (SSSR count). The maximum absolute atomic E-state index is 12.1. The molecule has 6 nitrogen and oxygen atoms in total. The molecule has 1 amide bonds. The lowest BCUT2D eigenvalue weighted by Gasteiger charge is -2.13. The summed E-state index contributed by atoms with van der Waals surface area (Å²) in [5, 5.41) is 14.8. The Bertz CT molecular complexity index is 518. The summed E-state index contributed by atoms with van der Waals surface area (Å²) in [5.41, 5.74) is 1.55. The average Bonchev–Trinajstić information content (AvgIpc) is 2.94. The number of hydrogen-bond acceptors (Lipinski definition) is 4. The van der Waals surface area contributed by atoms with E-state index in [4.69, 9.17) is 9.84 Å². The van der Waals surface area contributed by atoms with E-state index >= 15 is 0 Å². The lowest BCUT2D eigenvalue weighted by molar-refractivity contribution is -0.136. The maximum atomic E-state index is 12.1. The SMILES string of the molecule is COC1CNC(C(=O)NCc2ccccc2CC(=O)O)C1. The van der Waals surface area contributed by atoms with Gasteiger partial charge in [-0.15, -0.1) is 0 Å². The molecule has 21 heavy (non-hydrogen) atoms. The molecule has 0 aromatic heterocycles. The second-order valence-corrected chi connectivity index (χ2v) is 5.11. The van der Waals surface area contributed by atoms with E-state index in [1.807, 2.05) is 12.1 Å². The number of carbonyl (C=O) groups is 2. The molecule has 6 heteroatoms. The number of carboxylic acids is 1. The van der Waals surface area contributed by atoms with Gasteiger partial charge in [0.25, 0.3) is 0 Å². The van der Waals surface area contributed by atoms with Crippen LogP contribution in [0.5, 0.6) is 0 Å². The molecule has 1 aliphatic rings. The van der Waals surface area contributed by atoms with Gasteiger partial charge in [0.2, 0.25) is 5.91 Å². The van der Waals surface area contributed by atoms with Gasteiger partial charge in [0.15, 0.2) is 0 Å². The van der Waals surface area contributed by atoms with E-state index in [1.165, 1.54) is 0 Å². The summed E-state index contributed by atoms with van der Waals surface area (Å²) >= 11 is 0. The topological polar surface area (TPSA) is 87.7 Å². The first-order valence-electron chi connectivity index (χ1n) is 6.92. The van der Waals surface area contributed by atoms with Crippen LogP contribution in [0.1, 0.15) is 17.5 Å². The van der Waals surface area contributed by atoms with Crippen molar-refractivity contribution in [2.45, 2.75) is 31.5 Å². The Morgan fingerprint density at radius 1 is 1.38 bits per heavy atom. The molecule has 3 N–H and O–H groups in total. The molecule has 114 valence electrons. The van der Waals surface area contributed by atoms with E-state index in [-0.39, 0.29) is 24.5 Å².